The molecular weight excluding hydrogens is 365 g/mol. The lowest BCUT2D eigenvalue weighted by Crippen LogP contribution is -2.69. The van der Waals surface area contributed by atoms with Gasteiger partial charge < -0.3 is 5.32 Å². The summed E-state index contributed by atoms with van der Waals surface area (Å²) < 4.78 is 41.2. The third-order valence-electron chi connectivity index (χ3n) is 3.93. The van der Waals surface area contributed by atoms with E-state index in [9.17, 15) is 27.6 Å². The lowest BCUT2D eigenvalue weighted by molar-refractivity contribution is -0.200. The highest BCUT2D eigenvalue weighted by Crippen LogP contribution is 2.34. The van der Waals surface area contributed by atoms with Gasteiger partial charge in [-0.05, 0) is 23.8 Å². The Morgan fingerprint density at radius 3 is 2.44 bits per heavy atom. The number of rotatable bonds is 4. The number of hydrogen-bond donors (Lipinski definition) is 2. The zero-order chi connectivity index (χ0) is 19.7. The average Bonchev–Trinajstić information content (AvgIpc) is 2.88. The third kappa shape index (κ3) is 3.33. The summed E-state index contributed by atoms with van der Waals surface area (Å²) >= 11 is 0. The minimum Gasteiger partial charge on any atom is -0.314 e. The maximum Gasteiger partial charge on any atom is 0.440 e. The lowest BCUT2D eigenvalue weighted by Gasteiger charge is -2.29. The second-order valence-corrected chi connectivity index (χ2v) is 5.75. The fraction of sp³-hybridized carbons (Fsp3) is 0.176. The van der Waals surface area contributed by atoms with Crippen LogP contribution in [0, 0.1) is 0 Å². The van der Waals surface area contributed by atoms with E-state index in [0.717, 1.165) is 0 Å². The average molecular weight is 378 g/mol. The van der Waals surface area contributed by atoms with Crippen LogP contribution in [0.2, 0.25) is 0 Å². The fourth-order valence-corrected chi connectivity index (χ4v) is 2.57. The van der Waals surface area contributed by atoms with Crippen LogP contribution < -0.4 is 10.6 Å². The first-order valence-corrected chi connectivity index (χ1v) is 7.72. The molecule has 0 aliphatic carbocycles. The summed E-state index contributed by atoms with van der Waals surface area (Å²) in [5.74, 6) is -2.77. The van der Waals surface area contributed by atoms with Gasteiger partial charge in [0.25, 0.3) is 17.5 Å². The van der Waals surface area contributed by atoms with Gasteiger partial charge in [-0.15, -0.1) is 0 Å². The summed E-state index contributed by atoms with van der Waals surface area (Å²) in [5.41, 5.74) is -3.28. The Labute approximate surface area is 151 Å². The van der Waals surface area contributed by atoms with Gasteiger partial charge in [-0.2, -0.15) is 13.2 Å². The van der Waals surface area contributed by atoms with Crippen molar-refractivity contribution in [3.63, 3.8) is 0 Å². The Morgan fingerprint density at radius 1 is 1.15 bits per heavy atom. The molecule has 0 unspecified atom stereocenters. The van der Waals surface area contributed by atoms with Crippen LogP contribution in [-0.2, 0) is 11.3 Å². The fourth-order valence-electron chi connectivity index (χ4n) is 2.57. The molecule has 2 aromatic rings. The van der Waals surface area contributed by atoms with Crippen molar-refractivity contribution >= 4 is 17.8 Å². The van der Waals surface area contributed by atoms with Crippen molar-refractivity contribution in [3.05, 3.63) is 66.0 Å². The summed E-state index contributed by atoms with van der Waals surface area (Å²) in [4.78, 5) is 41.0. The summed E-state index contributed by atoms with van der Waals surface area (Å²) in [6.07, 6.45) is -2.50. The summed E-state index contributed by atoms with van der Waals surface area (Å²) in [6.45, 7) is -0.419. The summed E-state index contributed by atoms with van der Waals surface area (Å²) in [7, 11) is 0. The van der Waals surface area contributed by atoms with Crippen molar-refractivity contribution < 1.29 is 27.6 Å². The van der Waals surface area contributed by atoms with Crippen LogP contribution in [0.5, 0.6) is 0 Å². The second kappa shape index (κ2) is 6.71. The number of nitrogens with zero attached hydrogens (tertiary/aromatic N) is 2. The molecule has 1 aliphatic heterocycles. The number of imide groups is 1. The highest BCUT2D eigenvalue weighted by molar-refractivity contribution is 6.10. The van der Waals surface area contributed by atoms with Crippen molar-refractivity contribution in [2.24, 2.45) is 0 Å². The normalized spacial score (nSPS) is 19.7. The SMILES string of the molecule is O=C(N[C@@]1(C(F)(F)F)NC(=O)N(Cc2cccnc2)C1=O)c1ccccc1. The standard InChI is InChI=1S/C17H13F3N4O3/c18-17(19,20)16(22-13(25)12-6-2-1-3-7-12)14(26)24(15(27)23-16)10-11-5-4-8-21-9-11/h1-9H,10H2,(H,22,25)(H,23,27)/t16-/m1/s1. The second-order valence-electron chi connectivity index (χ2n) is 5.75. The minimum atomic E-state index is -5.26. The van der Waals surface area contributed by atoms with Gasteiger partial charge in [-0.3, -0.25) is 24.8 Å². The van der Waals surface area contributed by atoms with E-state index in [4.69, 9.17) is 0 Å². The molecule has 2 heterocycles. The monoisotopic (exact) mass is 378 g/mol. The smallest absolute Gasteiger partial charge is 0.314 e. The number of aromatic nitrogens is 1. The van der Waals surface area contributed by atoms with Gasteiger partial charge in [-0.25, -0.2) is 4.79 Å². The predicted octanol–water partition coefficient (Wildman–Crippen LogP) is 1.82. The molecule has 140 valence electrons. The highest BCUT2D eigenvalue weighted by atomic mass is 19.4. The molecule has 0 radical (unpaired) electrons. The molecule has 1 aromatic heterocycles. The van der Waals surface area contributed by atoms with E-state index in [0.29, 0.717) is 10.5 Å². The quantitative estimate of drug-likeness (QED) is 0.794. The molecule has 0 spiro atoms. The van der Waals surface area contributed by atoms with Crippen molar-refractivity contribution in [2.45, 2.75) is 18.4 Å². The largest absolute Gasteiger partial charge is 0.440 e. The molecule has 1 fully saturated rings. The molecular formula is C17H13F3N4O3. The molecule has 4 amide bonds. The van der Waals surface area contributed by atoms with Crippen molar-refractivity contribution in [3.8, 4) is 0 Å². The maximum absolute atomic E-state index is 13.7. The van der Waals surface area contributed by atoms with E-state index in [1.807, 2.05) is 0 Å². The molecule has 0 bridgehead atoms. The van der Waals surface area contributed by atoms with Gasteiger partial charge in [0.15, 0.2) is 0 Å². The number of carbonyl (C=O) groups is 3. The zero-order valence-corrected chi connectivity index (χ0v) is 13.7. The zero-order valence-electron chi connectivity index (χ0n) is 13.7. The molecule has 0 saturated carbocycles. The molecule has 3 rings (SSSR count). The van der Waals surface area contributed by atoms with Crippen molar-refractivity contribution in [1.82, 2.24) is 20.5 Å². The van der Waals surface area contributed by atoms with Gasteiger partial charge in [0.1, 0.15) is 0 Å². The summed E-state index contributed by atoms with van der Waals surface area (Å²) in [5, 5.41) is 3.23. The van der Waals surface area contributed by atoms with Crippen LogP contribution in [-0.4, -0.2) is 39.6 Å². The van der Waals surface area contributed by atoms with Gasteiger partial charge in [0, 0.05) is 18.0 Å². The Kier molecular flexibility index (Phi) is 4.56. The molecule has 10 heteroatoms. The molecule has 1 saturated heterocycles. The molecule has 1 aliphatic rings. The number of nitrogens with one attached hydrogen (secondary N) is 2. The Balaban J connectivity index is 1.92. The van der Waals surface area contributed by atoms with Gasteiger partial charge in [0.2, 0.25) is 0 Å². The van der Waals surface area contributed by atoms with E-state index in [1.165, 1.54) is 48.8 Å². The topological polar surface area (TPSA) is 91.4 Å². The van der Waals surface area contributed by atoms with Crippen LogP contribution in [0.25, 0.3) is 0 Å². The van der Waals surface area contributed by atoms with Crippen molar-refractivity contribution in [1.29, 1.82) is 0 Å². The van der Waals surface area contributed by atoms with E-state index in [2.05, 4.69) is 4.98 Å². The van der Waals surface area contributed by atoms with E-state index in [-0.39, 0.29) is 5.56 Å². The number of alkyl halides is 3. The predicted molar refractivity (Wildman–Crippen MR) is 86.0 cm³/mol. The number of pyridine rings is 1. The Hall–Kier alpha value is -3.43. The molecule has 27 heavy (non-hydrogen) atoms. The molecule has 1 aromatic carbocycles. The van der Waals surface area contributed by atoms with Crippen LogP contribution in [0.1, 0.15) is 15.9 Å². The molecule has 7 nitrogen and oxygen atoms in total. The van der Waals surface area contributed by atoms with E-state index >= 15 is 0 Å². The Bertz CT molecular complexity index is 874. The molecule has 2 N–H and O–H groups in total. The number of hydrogen-bond acceptors (Lipinski definition) is 4. The van der Waals surface area contributed by atoms with Crippen LogP contribution >= 0.6 is 0 Å². The summed E-state index contributed by atoms with van der Waals surface area (Å²) in [6, 6.07) is 8.81. The third-order valence-corrected chi connectivity index (χ3v) is 3.93. The van der Waals surface area contributed by atoms with Gasteiger partial charge in [-0.1, -0.05) is 24.3 Å². The van der Waals surface area contributed by atoms with Gasteiger partial charge in [0.05, 0.1) is 6.54 Å². The number of halogens is 3. The number of amides is 4. The van der Waals surface area contributed by atoms with E-state index in [1.54, 1.807) is 16.7 Å². The van der Waals surface area contributed by atoms with Crippen LogP contribution in [0.3, 0.4) is 0 Å². The first-order chi connectivity index (χ1) is 12.7. The van der Waals surface area contributed by atoms with E-state index < -0.39 is 36.2 Å². The Morgan fingerprint density at radius 2 is 1.85 bits per heavy atom. The van der Waals surface area contributed by atoms with Gasteiger partial charge >= 0.3 is 12.2 Å². The number of urea groups is 1. The number of benzene rings is 1. The molecule has 1 atom stereocenters. The van der Waals surface area contributed by atoms with Crippen LogP contribution in [0.4, 0.5) is 18.0 Å². The van der Waals surface area contributed by atoms with Crippen LogP contribution in [0.15, 0.2) is 54.9 Å². The highest BCUT2D eigenvalue weighted by Gasteiger charge is 2.68. The number of carbonyl (C=O) groups excluding carboxylic acids is 3. The maximum atomic E-state index is 13.7. The lowest BCUT2D eigenvalue weighted by atomic mass is 10.1. The van der Waals surface area contributed by atoms with Crippen molar-refractivity contribution in [2.75, 3.05) is 0 Å². The first-order valence-electron chi connectivity index (χ1n) is 7.72. The first kappa shape index (κ1) is 18.4. The minimum absolute atomic E-state index is 0.0890.